The van der Waals surface area contributed by atoms with Gasteiger partial charge in [0.1, 0.15) is 0 Å². The Morgan fingerprint density at radius 1 is 1.47 bits per heavy atom. The molecule has 2 nitrogen and oxygen atoms in total. The van der Waals surface area contributed by atoms with E-state index in [2.05, 4.69) is 18.3 Å². The molecule has 0 aromatic heterocycles. The van der Waals surface area contributed by atoms with Gasteiger partial charge in [-0.2, -0.15) is 0 Å². The summed E-state index contributed by atoms with van der Waals surface area (Å²) in [4.78, 5) is 1.23. The Labute approximate surface area is 113 Å². The molecule has 0 aliphatic heterocycles. The number of thioether (sulfide) groups is 1. The van der Waals surface area contributed by atoms with E-state index < -0.39 is 0 Å². The van der Waals surface area contributed by atoms with E-state index in [9.17, 15) is 0 Å². The molecule has 0 amide bonds. The summed E-state index contributed by atoms with van der Waals surface area (Å²) in [6, 6.07) is 7.99. The fourth-order valence-corrected chi connectivity index (χ4v) is 2.73. The van der Waals surface area contributed by atoms with Gasteiger partial charge in [0.25, 0.3) is 0 Å². The van der Waals surface area contributed by atoms with Crippen LogP contribution in [0.2, 0.25) is 5.02 Å². The lowest BCUT2D eigenvalue weighted by molar-refractivity contribution is 0.194. The van der Waals surface area contributed by atoms with Gasteiger partial charge < -0.3 is 10.1 Å². The average molecular weight is 274 g/mol. The Balaban J connectivity index is 2.18. The molecule has 0 fully saturated rings. The molecule has 0 radical (unpaired) electrons. The number of halogens is 1. The molecule has 1 unspecified atom stereocenters. The lowest BCUT2D eigenvalue weighted by atomic mass is 10.4. The molecule has 96 valence electrons. The standard InChI is InChI=1S/C13H20ClNOS/c1-11(10-15-7-4-8-16-2)17-13-6-3-5-12(14)9-13/h3,5-6,9,11,15H,4,7-8,10H2,1-2H3. The van der Waals surface area contributed by atoms with Crippen LogP contribution in [0.25, 0.3) is 0 Å². The molecule has 0 saturated heterocycles. The maximum absolute atomic E-state index is 5.95. The average Bonchev–Trinajstić information content (AvgIpc) is 2.29. The van der Waals surface area contributed by atoms with Crippen LogP contribution in [0.15, 0.2) is 29.2 Å². The van der Waals surface area contributed by atoms with Crippen LogP contribution in [-0.4, -0.2) is 32.1 Å². The highest BCUT2D eigenvalue weighted by molar-refractivity contribution is 8.00. The third kappa shape index (κ3) is 6.94. The minimum Gasteiger partial charge on any atom is -0.385 e. The van der Waals surface area contributed by atoms with Crippen molar-refractivity contribution >= 4 is 23.4 Å². The van der Waals surface area contributed by atoms with Gasteiger partial charge in [-0.1, -0.05) is 24.6 Å². The largest absolute Gasteiger partial charge is 0.385 e. The fourth-order valence-electron chi connectivity index (χ4n) is 1.46. The zero-order valence-electron chi connectivity index (χ0n) is 10.4. The second kappa shape index (κ2) is 8.81. The van der Waals surface area contributed by atoms with Gasteiger partial charge in [0.15, 0.2) is 0 Å². The van der Waals surface area contributed by atoms with Crippen LogP contribution in [0.1, 0.15) is 13.3 Å². The van der Waals surface area contributed by atoms with E-state index in [-0.39, 0.29) is 0 Å². The summed E-state index contributed by atoms with van der Waals surface area (Å²) in [5.41, 5.74) is 0. The Morgan fingerprint density at radius 2 is 2.29 bits per heavy atom. The van der Waals surface area contributed by atoms with E-state index in [0.29, 0.717) is 5.25 Å². The summed E-state index contributed by atoms with van der Waals surface area (Å²) in [6.07, 6.45) is 1.06. The molecule has 0 bridgehead atoms. The monoisotopic (exact) mass is 273 g/mol. The van der Waals surface area contributed by atoms with Crippen molar-refractivity contribution in [3.63, 3.8) is 0 Å². The minimum atomic E-state index is 0.538. The second-order valence-corrected chi connectivity index (χ2v) is 5.88. The highest BCUT2D eigenvalue weighted by Crippen LogP contribution is 2.25. The van der Waals surface area contributed by atoms with Gasteiger partial charge in [-0.25, -0.2) is 0 Å². The van der Waals surface area contributed by atoms with Crippen molar-refractivity contribution in [1.29, 1.82) is 0 Å². The summed E-state index contributed by atoms with van der Waals surface area (Å²) in [5.74, 6) is 0. The zero-order chi connectivity index (χ0) is 12.5. The van der Waals surface area contributed by atoms with Gasteiger partial charge in [-0.3, -0.25) is 0 Å². The molecule has 0 spiro atoms. The molecule has 1 aromatic carbocycles. The maximum Gasteiger partial charge on any atom is 0.0474 e. The first-order valence-corrected chi connectivity index (χ1v) is 7.10. The molecule has 1 N–H and O–H groups in total. The first-order valence-electron chi connectivity index (χ1n) is 5.84. The molecule has 0 aliphatic carbocycles. The molecular formula is C13H20ClNOS. The molecule has 1 atom stereocenters. The molecular weight excluding hydrogens is 254 g/mol. The van der Waals surface area contributed by atoms with Crippen LogP contribution < -0.4 is 5.32 Å². The summed E-state index contributed by atoms with van der Waals surface area (Å²) < 4.78 is 5.00. The lowest BCUT2D eigenvalue weighted by Gasteiger charge is -2.12. The summed E-state index contributed by atoms with van der Waals surface area (Å²) in [6.45, 7) is 5.05. The SMILES string of the molecule is COCCCNCC(C)Sc1cccc(Cl)c1. The second-order valence-electron chi connectivity index (χ2n) is 3.94. The number of rotatable bonds is 8. The van der Waals surface area contributed by atoms with Gasteiger partial charge in [0.05, 0.1) is 0 Å². The third-order valence-corrected chi connectivity index (χ3v) is 3.60. The van der Waals surface area contributed by atoms with Crippen molar-refractivity contribution in [3.05, 3.63) is 29.3 Å². The lowest BCUT2D eigenvalue weighted by Crippen LogP contribution is -2.24. The number of methoxy groups -OCH3 is 1. The Hall–Kier alpha value is -0.220. The van der Waals surface area contributed by atoms with E-state index >= 15 is 0 Å². The summed E-state index contributed by atoms with van der Waals surface area (Å²) >= 11 is 7.79. The number of hydrogen-bond acceptors (Lipinski definition) is 3. The molecule has 1 aromatic rings. The minimum absolute atomic E-state index is 0.538. The predicted octanol–water partition coefficient (Wildman–Crippen LogP) is 3.45. The van der Waals surface area contributed by atoms with Crippen LogP contribution in [0.5, 0.6) is 0 Å². The Bertz CT molecular complexity index is 322. The van der Waals surface area contributed by atoms with Gasteiger partial charge in [0, 0.05) is 35.4 Å². The van der Waals surface area contributed by atoms with Gasteiger partial charge in [0.2, 0.25) is 0 Å². The van der Waals surface area contributed by atoms with Crippen LogP contribution in [0.4, 0.5) is 0 Å². The normalized spacial score (nSPS) is 12.6. The van der Waals surface area contributed by atoms with E-state index in [4.69, 9.17) is 16.3 Å². The van der Waals surface area contributed by atoms with Crippen LogP contribution in [0, 0.1) is 0 Å². The smallest absolute Gasteiger partial charge is 0.0474 e. The van der Waals surface area contributed by atoms with E-state index in [1.54, 1.807) is 7.11 Å². The quantitative estimate of drug-likeness (QED) is 0.579. The van der Waals surface area contributed by atoms with Crippen molar-refractivity contribution in [2.75, 3.05) is 26.8 Å². The predicted molar refractivity (Wildman–Crippen MR) is 76.1 cm³/mol. The fraction of sp³-hybridized carbons (Fsp3) is 0.538. The first kappa shape index (κ1) is 14.8. The maximum atomic E-state index is 5.95. The summed E-state index contributed by atoms with van der Waals surface area (Å²) in [7, 11) is 1.73. The molecule has 17 heavy (non-hydrogen) atoms. The first-order chi connectivity index (χ1) is 8.22. The van der Waals surface area contributed by atoms with E-state index in [1.165, 1.54) is 4.90 Å². The van der Waals surface area contributed by atoms with Crippen molar-refractivity contribution in [3.8, 4) is 0 Å². The Kier molecular flexibility index (Phi) is 7.69. The van der Waals surface area contributed by atoms with Crippen LogP contribution >= 0.6 is 23.4 Å². The molecule has 1 rings (SSSR count). The third-order valence-electron chi connectivity index (χ3n) is 2.27. The topological polar surface area (TPSA) is 21.3 Å². The van der Waals surface area contributed by atoms with Gasteiger partial charge in [-0.15, -0.1) is 11.8 Å². The van der Waals surface area contributed by atoms with Crippen molar-refractivity contribution in [1.82, 2.24) is 5.32 Å². The van der Waals surface area contributed by atoms with Crippen molar-refractivity contribution < 1.29 is 4.74 Å². The highest BCUT2D eigenvalue weighted by Gasteiger charge is 2.04. The number of ether oxygens (including phenoxy) is 1. The summed E-state index contributed by atoms with van der Waals surface area (Å²) in [5, 5.41) is 4.76. The van der Waals surface area contributed by atoms with Crippen LogP contribution in [0.3, 0.4) is 0 Å². The zero-order valence-corrected chi connectivity index (χ0v) is 12.0. The number of benzene rings is 1. The highest BCUT2D eigenvalue weighted by atomic mass is 35.5. The number of nitrogens with one attached hydrogen (secondary N) is 1. The van der Waals surface area contributed by atoms with Crippen molar-refractivity contribution in [2.45, 2.75) is 23.5 Å². The number of hydrogen-bond donors (Lipinski definition) is 1. The molecule has 0 saturated carbocycles. The van der Waals surface area contributed by atoms with Gasteiger partial charge >= 0.3 is 0 Å². The molecule has 4 heteroatoms. The van der Waals surface area contributed by atoms with E-state index in [1.807, 2.05) is 30.0 Å². The molecule has 0 aliphatic rings. The van der Waals surface area contributed by atoms with Gasteiger partial charge in [-0.05, 0) is 31.2 Å². The van der Waals surface area contributed by atoms with Crippen LogP contribution in [-0.2, 0) is 4.74 Å². The Morgan fingerprint density at radius 3 is 3.00 bits per heavy atom. The van der Waals surface area contributed by atoms with Crippen molar-refractivity contribution in [2.24, 2.45) is 0 Å². The van der Waals surface area contributed by atoms with E-state index in [0.717, 1.165) is 31.1 Å². The molecule has 0 heterocycles.